The average Bonchev–Trinajstić information content (AvgIpc) is 3.46. The molecule has 2 amide bonds. The molecule has 4 aromatic carbocycles. The first-order valence-electron chi connectivity index (χ1n) is 13.1. The van der Waals surface area contributed by atoms with Gasteiger partial charge in [-0.25, -0.2) is 0 Å². The van der Waals surface area contributed by atoms with Crippen LogP contribution in [0, 0.1) is 5.92 Å². The monoisotopic (exact) mass is 545 g/mol. The van der Waals surface area contributed by atoms with Gasteiger partial charge in [0.1, 0.15) is 11.5 Å². The van der Waals surface area contributed by atoms with Gasteiger partial charge in [-0.1, -0.05) is 78.4 Å². The van der Waals surface area contributed by atoms with Crippen molar-refractivity contribution in [3.05, 3.63) is 131 Å². The maximum Gasteiger partial charge on any atom is 0.247 e. The number of carbonyl (C=O) groups excluding carboxylic acids is 3. The molecule has 3 aliphatic rings. The molecule has 7 rings (SSSR count). The van der Waals surface area contributed by atoms with Crippen LogP contribution in [-0.2, 0) is 15.0 Å². The smallest absolute Gasteiger partial charge is 0.247 e. The van der Waals surface area contributed by atoms with Crippen molar-refractivity contribution in [1.82, 2.24) is 0 Å². The minimum Gasteiger partial charge on any atom is -0.350 e. The van der Waals surface area contributed by atoms with Gasteiger partial charge in [0, 0.05) is 27.6 Å². The van der Waals surface area contributed by atoms with Crippen molar-refractivity contribution >= 4 is 52.3 Å². The minimum atomic E-state index is -1.35. The van der Waals surface area contributed by atoms with E-state index in [0.717, 1.165) is 11.3 Å². The second-order valence-corrected chi connectivity index (χ2v) is 10.7. The van der Waals surface area contributed by atoms with E-state index in [2.05, 4.69) is 10.6 Å². The summed E-state index contributed by atoms with van der Waals surface area (Å²) >= 11 is 6.15. The van der Waals surface area contributed by atoms with Crippen LogP contribution in [0.4, 0.5) is 17.1 Å². The molecule has 1 spiro atoms. The van der Waals surface area contributed by atoms with Gasteiger partial charge in [0.25, 0.3) is 0 Å². The van der Waals surface area contributed by atoms with E-state index in [0.29, 0.717) is 27.5 Å². The lowest BCUT2D eigenvalue weighted by atomic mass is 9.64. The lowest BCUT2D eigenvalue weighted by Gasteiger charge is -2.37. The van der Waals surface area contributed by atoms with Crippen LogP contribution in [0.2, 0.25) is 5.02 Å². The number of halogens is 1. The van der Waals surface area contributed by atoms with E-state index >= 15 is 0 Å². The maximum absolute atomic E-state index is 14.6. The average molecular weight is 546 g/mol. The molecule has 4 unspecified atom stereocenters. The molecule has 4 atom stereocenters. The fourth-order valence-electron chi connectivity index (χ4n) is 6.65. The summed E-state index contributed by atoms with van der Waals surface area (Å²) in [6, 6.07) is 29.4. The third kappa shape index (κ3) is 3.46. The summed E-state index contributed by atoms with van der Waals surface area (Å²) in [7, 11) is 0. The molecule has 3 aliphatic heterocycles. The largest absolute Gasteiger partial charge is 0.350 e. The Bertz CT molecular complexity index is 1700. The summed E-state index contributed by atoms with van der Waals surface area (Å²) in [5.41, 5.74) is 2.72. The van der Waals surface area contributed by atoms with Crippen molar-refractivity contribution in [3.63, 3.8) is 0 Å². The Morgan fingerprint density at radius 1 is 0.850 bits per heavy atom. The van der Waals surface area contributed by atoms with Crippen LogP contribution in [0.1, 0.15) is 21.5 Å². The van der Waals surface area contributed by atoms with Crippen molar-refractivity contribution in [2.75, 3.05) is 15.5 Å². The van der Waals surface area contributed by atoms with E-state index in [-0.39, 0.29) is 17.6 Å². The zero-order chi connectivity index (χ0) is 27.4. The number of ketones is 1. The number of nitrogens with zero attached hydrogens (tertiary/aromatic N) is 1. The van der Waals surface area contributed by atoms with Gasteiger partial charge in [-0.2, -0.15) is 0 Å². The quantitative estimate of drug-likeness (QED) is 0.311. The fourth-order valence-corrected chi connectivity index (χ4v) is 6.78. The molecule has 3 heterocycles. The Morgan fingerprint density at radius 3 is 2.35 bits per heavy atom. The van der Waals surface area contributed by atoms with Gasteiger partial charge in [-0.3, -0.25) is 14.4 Å². The van der Waals surface area contributed by atoms with Gasteiger partial charge in [-0.15, -0.1) is 0 Å². The number of amides is 2. The van der Waals surface area contributed by atoms with E-state index in [1.807, 2.05) is 83.8 Å². The maximum atomic E-state index is 14.6. The molecule has 0 aromatic heterocycles. The molecular weight excluding hydrogens is 522 g/mol. The number of Topliss-reactive ketones (excluding diaryl/α,β-unsaturated/α-hetero) is 1. The normalized spacial score (nSPS) is 23.8. The standard InChI is InChI=1S/C33H24ClN3O3/c34-22-17-14-21(15-18-22)30(38)28-29(31(39)35-23-9-2-1-3-10-23)37-26-13-7-4-8-20(26)16-19-27(37)33(28)24-11-5-6-12-25(24)36-32(33)40/h1-19,27-29H,(H,35,39)(H,36,40). The van der Waals surface area contributed by atoms with E-state index in [1.165, 1.54) is 0 Å². The first-order chi connectivity index (χ1) is 19.5. The molecule has 0 bridgehead atoms. The molecule has 4 aromatic rings. The number of fused-ring (bicyclic) bond motifs is 6. The second-order valence-electron chi connectivity index (χ2n) is 10.3. The zero-order valence-corrected chi connectivity index (χ0v) is 22.0. The third-order valence-electron chi connectivity index (χ3n) is 8.26. The molecule has 40 heavy (non-hydrogen) atoms. The van der Waals surface area contributed by atoms with Crippen LogP contribution in [0.15, 0.2) is 109 Å². The van der Waals surface area contributed by atoms with Crippen LogP contribution in [0.3, 0.4) is 0 Å². The molecule has 6 nitrogen and oxygen atoms in total. The zero-order valence-electron chi connectivity index (χ0n) is 21.3. The summed E-state index contributed by atoms with van der Waals surface area (Å²) in [5, 5.41) is 6.56. The van der Waals surface area contributed by atoms with Crippen LogP contribution in [0.5, 0.6) is 0 Å². The number of anilines is 3. The number of para-hydroxylation sites is 3. The van der Waals surface area contributed by atoms with Crippen molar-refractivity contribution in [1.29, 1.82) is 0 Å². The van der Waals surface area contributed by atoms with E-state index in [1.54, 1.807) is 36.4 Å². The van der Waals surface area contributed by atoms with E-state index in [9.17, 15) is 14.4 Å². The first kappa shape index (κ1) is 24.4. The number of carbonyl (C=O) groups is 3. The van der Waals surface area contributed by atoms with Crippen LogP contribution in [0.25, 0.3) is 6.08 Å². The molecule has 2 N–H and O–H groups in total. The lowest BCUT2D eigenvalue weighted by Crippen LogP contribution is -2.51. The summed E-state index contributed by atoms with van der Waals surface area (Å²) in [6.45, 7) is 0. The van der Waals surface area contributed by atoms with Crippen molar-refractivity contribution < 1.29 is 14.4 Å². The Morgan fingerprint density at radius 2 is 1.55 bits per heavy atom. The Hall–Kier alpha value is -4.68. The number of hydrogen-bond acceptors (Lipinski definition) is 4. The van der Waals surface area contributed by atoms with Gasteiger partial charge in [0.2, 0.25) is 11.8 Å². The van der Waals surface area contributed by atoms with Gasteiger partial charge >= 0.3 is 0 Å². The van der Waals surface area contributed by atoms with E-state index < -0.39 is 23.4 Å². The second kappa shape index (κ2) is 9.21. The number of benzene rings is 4. The highest BCUT2D eigenvalue weighted by Gasteiger charge is 2.70. The molecule has 1 saturated heterocycles. The number of rotatable bonds is 4. The topological polar surface area (TPSA) is 78.5 Å². The molecule has 7 heteroatoms. The lowest BCUT2D eigenvalue weighted by molar-refractivity contribution is -0.122. The Kier molecular flexibility index (Phi) is 5.61. The van der Waals surface area contributed by atoms with Crippen molar-refractivity contribution in [3.8, 4) is 0 Å². The summed E-state index contributed by atoms with van der Waals surface area (Å²) in [6.07, 6.45) is 3.94. The van der Waals surface area contributed by atoms with Gasteiger partial charge in [0.15, 0.2) is 5.78 Å². The predicted molar refractivity (Wildman–Crippen MR) is 157 cm³/mol. The molecule has 1 fully saturated rings. The molecule has 196 valence electrons. The number of nitrogens with one attached hydrogen (secondary N) is 2. The SMILES string of the molecule is O=C(Nc1ccccc1)C1C(C(=O)c2ccc(Cl)cc2)C2(C(=O)Nc3ccccc32)C2C=Cc3ccccc3N12. The molecule has 0 saturated carbocycles. The van der Waals surface area contributed by atoms with Gasteiger partial charge < -0.3 is 15.5 Å². The molecule has 0 radical (unpaired) electrons. The highest BCUT2D eigenvalue weighted by atomic mass is 35.5. The Balaban J connectivity index is 1.49. The van der Waals surface area contributed by atoms with Crippen molar-refractivity contribution in [2.24, 2.45) is 5.92 Å². The van der Waals surface area contributed by atoms with Crippen LogP contribution < -0.4 is 15.5 Å². The van der Waals surface area contributed by atoms with Gasteiger partial charge in [0.05, 0.1) is 12.0 Å². The van der Waals surface area contributed by atoms with Gasteiger partial charge in [-0.05, 0) is 59.7 Å². The minimum absolute atomic E-state index is 0.294. The Labute approximate surface area is 236 Å². The van der Waals surface area contributed by atoms with E-state index in [4.69, 9.17) is 11.6 Å². The number of hydrogen-bond donors (Lipinski definition) is 2. The summed E-state index contributed by atoms with van der Waals surface area (Å²) < 4.78 is 0. The summed E-state index contributed by atoms with van der Waals surface area (Å²) in [5.74, 6) is -1.99. The summed E-state index contributed by atoms with van der Waals surface area (Å²) in [4.78, 5) is 45.2. The first-order valence-corrected chi connectivity index (χ1v) is 13.5. The molecule has 0 aliphatic carbocycles. The highest BCUT2D eigenvalue weighted by molar-refractivity contribution is 6.30. The predicted octanol–water partition coefficient (Wildman–Crippen LogP) is 5.95. The van der Waals surface area contributed by atoms with Crippen LogP contribution in [-0.4, -0.2) is 29.7 Å². The third-order valence-corrected chi connectivity index (χ3v) is 8.52. The van der Waals surface area contributed by atoms with Crippen molar-refractivity contribution in [2.45, 2.75) is 17.5 Å². The molecular formula is C33H24ClN3O3. The van der Waals surface area contributed by atoms with Crippen LogP contribution >= 0.6 is 11.6 Å². The highest BCUT2D eigenvalue weighted by Crippen LogP contribution is 2.57. The fraction of sp³-hybridized carbons (Fsp3) is 0.121.